The highest BCUT2D eigenvalue weighted by Crippen LogP contribution is 2.24. The van der Waals surface area contributed by atoms with Gasteiger partial charge < -0.3 is 14.7 Å². The zero-order valence-corrected chi connectivity index (χ0v) is 16.1. The van der Waals surface area contributed by atoms with E-state index in [2.05, 4.69) is 32.7 Å². The normalized spacial score (nSPS) is 19.1. The Labute approximate surface area is 160 Å². The van der Waals surface area contributed by atoms with E-state index in [9.17, 15) is 0 Å². The van der Waals surface area contributed by atoms with Crippen LogP contribution in [0.3, 0.4) is 0 Å². The standard InChI is InChI=1S/C20H26ClN5/c1-16-6-9-25(10-7-16)19-5-8-22-20(23-19)26-13-11-24(12-14-26)18-4-2-3-17(21)15-18/h2-5,8,15-16H,6-7,9-14H2,1H3. The minimum absolute atomic E-state index is 0.789. The molecule has 2 saturated heterocycles. The molecule has 0 N–H and O–H groups in total. The van der Waals surface area contributed by atoms with Crippen LogP contribution in [0, 0.1) is 5.92 Å². The Morgan fingerprint density at radius 3 is 2.38 bits per heavy atom. The summed E-state index contributed by atoms with van der Waals surface area (Å²) in [5, 5.41) is 0.789. The number of piperidine rings is 1. The average Bonchev–Trinajstić information content (AvgIpc) is 2.69. The molecule has 138 valence electrons. The van der Waals surface area contributed by atoms with Gasteiger partial charge in [0.2, 0.25) is 5.95 Å². The van der Waals surface area contributed by atoms with E-state index in [0.29, 0.717) is 0 Å². The van der Waals surface area contributed by atoms with E-state index in [4.69, 9.17) is 16.6 Å². The van der Waals surface area contributed by atoms with Crippen LogP contribution >= 0.6 is 11.6 Å². The molecule has 0 aliphatic carbocycles. The molecule has 2 aromatic rings. The van der Waals surface area contributed by atoms with Crippen molar-refractivity contribution in [1.82, 2.24) is 9.97 Å². The molecular formula is C20H26ClN5. The van der Waals surface area contributed by atoms with Crippen molar-refractivity contribution in [3.05, 3.63) is 41.6 Å². The monoisotopic (exact) mass is 371 g/mol. The Morgan fingerprint density at radius 1 is 0.923 bits per heavy atom. The van der Waals surface area contributed by atoms with Gasteiger partial charge in [0.15, 0.2) is 0 Å². The lowest BCUT2D eigenvalue weighted by molar-refractivity contribution is 0.436. The largest absolute Gasteiger partial charge is 0.368 e. The maximum Gasteiger partial charge on any atom is 0.227 e. The number of halogens is 1. The molecule has 0 spiro atoms. The maximum absolute atomic E-state index is 6.13. The Hall–Kier alpha value is -2.01. The second-order valence-electron chi connectivity index (χ2n) is 7.34. The second-order valence-corrected chi connectivity index (χ2v) is 7.77. The van der Waals surface area contributed by atoms with Crippen LogP contribution in [-0.2, 0) is 0 Å². The molecule has 1 aromatic heterocycles. The molecule has 0 saturated carbocycles. The Bertz CT molecular complexity index is 736. The van der Waals surface area contributed by atoms with Gasteiger partial charge >= 0.3 is 0 Å². The van der Waals surface area contributed by atoms with Crippen molar-refractivity contribution in [3.8, 4) is 0 Å². The van der Waals surface area contributed by atoms with E-state index < -0.39 is 0 Å². The summed E-state index contributed by atoms with van der Waals surface area (Å²) < 4.78 is 0. The molecule has 3 heterocycles. The zero-order valence-electron chi connectivity index (χ0n) is 15.3. The molecule has 2 fully saturated rings. The van der Waals surface area contributed by atoms with Crippen molar-refractivity contribution in [2.24, 2.45) is 5.92 Å². The van der Waals surface area contributed by atoms with Crippen molar-refractivity contribution in [1.29, 1.82) is 0 Å². The molecular weight excluding hydrogens is 346 g/mol. The molecule has 0 radical (unpaired) electrons. The minimum Gasteiger partial charge on any atom is -0.368 e. The van der Waals surface area contributed by atoms with E-state index >= 15 is 0 Å². The predicted molar refractivity (Wildman–Crippen MR) is 109 cm³/mol. The molecule has 0 amide bonds. The third kappa shape index (κ3) is 3.88. The van der Waals surface area contributed by atoms with Crippen LogP contribution in [0.5, 0.6) is 0 Å². The molecule has 0 unspecified atom stereocenters. The van der Waals surface area contributed by atoms with E-state index in [-0.39, 0.29) is 0 Å². The first-order valence-electron chi connectivity index (χ1n) is 9.52. The molecule has 1 aromatic carbocycles. The predicted octanol–water partition coefficient (Wildman–Crippen LogP) is 3.69. The van der Waals surface area contributed by atoms with Crippen molar-refractivity contribution in [2.75, 3.05) is 54.0 Å². The van der Waals surface area contributed by atoms with Crippen LogP contribution in [0.4, 0.5) is 17.5 Å². The van der Waals surface area contributed by atoms with Crippen LogP contribution in [0.25, 0.3) is 0 Å². The number of hydrogen-bond acceptors (Lipinski definition) is 5. The smallest absolute Gasteiger partial charge is 0.227 e. The highest BCUT2D eigenvalue weighted by atomic mass is 35.5. The van der Waals surface area contributed by atoms with E-state index in [1.165, 1.54) is 18.5 Å². The fraction of sp³-hybridized carbons (Fsp3) is 0.500. The molecule has 26 heavy (non-hydrogen) atoms. The van der Waals surface area contributed by atoms with Crippen LogP contribution in [-0.4, -0.2) is 49.2 Å². The first kappa shape index (κ1) is 17.4. The average molecular weight is 372 g/mol. The lowest BCUT2D eigenvalue weighted by Crippen LogP contribution is -2.47. The van der Waals surface area contributed by atoms with Gasteiger partial charge in [-0.15, -0.1) is 0 Å². The van der Waals surface area contributed by atoms with Gasteiger partial charge in [0.05, 0.1) is 0 Å². The van der Waals surface area contributed by atoms with Gasteiger partial charge in [0.1, 0.15) is 5.82 Å². The number of benzene rings is 1. The highest BCUT2D eigenvalue weighted by molar-refractivity contribution is 6.30. The third-order valence-electron chi connectivity index (χ3n) is 5.47. The quantitative estimate of drug-likeness (QED) is 0.822. The molecule has 4 rings (SSSR count). The summed E-state index contributed by atoms with van der Waals surface area (Å²) in [4.78, 5) is 16.4. The van der Waals surface area contributed by atoms with Gasteiger partial charge in [0.25, 0.3) is 0 Å². The zero-order chi connectivity index (χ0) is 17.9. The molecule has 5 nitrogen and oxygen atoms in total. The summed E-state index contributed by atoms with van der Waals surface area (Å²) in [6, 6.07) is 10.1. The van der Waals surface area contributed by atoms with Crippen molar-refractivity contribution in [3.63, 3.8) is 0 Å². The van der Waals surface area contributed by atoms with Gasteiger partial charge in [-0.3, -0.25) is 0 Å². The van der Waals surface area contributed by atoms with Crippen molar-refractivity contribution >= 4 is 29.1 Å². The number of rotatable bonds is 3. The number of aromatic nitrogens is 2. The molecule has 6 heteroatoms. The molecule has 2 aliphatic rings. The van der Waals surface area contributed by atoms with E-state index in [0.717, 1.165) is 62.0 Å². The number of anilines is 3. The van der Waals surface area contributed by atoms with Crippen molar-refractivity contribution in [2.45, 2.75) is 19.8 Å². The summed E-state index contributed by atoms with van der Waals surface area (Å²) in [6.07, 6.45) is 4.40. The maximum atomic E-state index is 6.13. The van der Waals surface area contributed by atoms with Gasteiger partial charge in [-0.25, -0.2) is 4.98 Å². The second kappa shape index (κ2) is 7.70. The molecule has 0 atom stereocenters. The van der Waals surface area contributed by atoms with E-state index in [1.807, 2.05) is 30.5 Å². The lowest BCUT2D eigenvalue weighted by atomic mass is 9.99. The van der Waals surface area contributed by atoms with Gasteiger partial charge in [-0.1, -0.05) is 24.6 Å². The lowest BCUT2D eigenvalue weighted by Gasteiger charge is -2.37. The summed E-state index contributed by atoms with van der Waals surface area (Å²) in [5.74, 6) is 2.75. The summed E-state index contributed by atoms with van der Waals surface area (Å²) in [6.45, 7) is 8.28. The minimum atomic E-state index is 0.789. The van der Waals surface area contributed by atoms with Crippen LogP contribution in [0.1, 0.15) is 19.8 Å². The highest BCUT2D eigenvalue weighted by Gasteiger charge is 2.21. The fourth-order valence-corrected chi connectivity index (χ4v) is 3.93. The number of hydrogen-bond donors (Lipinski definition) is 0. The first-order valence-corrected chi connectivity index (χ1v) is 9.90. The first-order chi connectivity index (χ1) is 12.7. The fourth-order valence-electron chi connectivity index (χ4n) is 3.74. The summed E-state index contributed by atoms with van der Waals surface area (Å²) >= 11 is 6.13. The SMILES string of the molecule is CC1CCN(c2ccnc(N3CCN(c4cccc(Cl)c4)CC3)n2)CC1. The Morgan fingerprint density at radius 2 is 1.65 bits per heavy atom. The van der Waals surface area contributed by atoms with Crippen LogP contribution < -0.4 is 14.7 Å². The number of nitrogens with zero attached hydrogens (tertiary/aromatic N) is 5. The van der Waals surface area contributed by atoms with E-state index in [1.54, 1.807) is 0 Å². The Kier molecular flexibility index (Phi) is 5.16. The topological polar surface area (TPSA) is 35.5 Å². The molecule has 0 bridgehead atoms. The Balaban J connectivity index is 1.41. The van der Waals surface area contributed by atoms with Gasteiger partial charge in [-0.05, 0) is 43.0 Å². The van der Waals surface area contributed by atoms with Gasteiger partial charge in [0, 0.05) is 56.2 Å². The van der Waals surface area contributed by atoms with Crippen LogP contribution in [0.15, 0.2) is 36.5 Å². The summed E-state index contributed by atoms with van der Waals surface area (Å²) in [5.41, 5.74) is 1.19. The third-order valence-corrected chi connectivity index (χ3v) is 5.71. The van der Waals surface area contributed by atoms with Crippen LogP contribution in [0.2, 0.25) is 5.02 Å². The number of piperazine rings is 1. The summed E-state index contributed by atoms with van der Waals surface area (Å²) in [7, 11) is 0. The van der Waals surface area contributed by atoms with Gasteiger partial charge in [-0.2, -0.15) is 4.98 Å². The van der Waals surface area contributed by atoms with Crippen molar-refractivity contribution < 1.29 is 0 Å². The molecule has 2 aliphatic heterocycles.